The molecule has 0 aromatic heterocycles. The van der Waals surface area contributed by atoms with Crippen molar-refractivity contribution in [2.45, 2.75) is 51.5 Å². The maximum atomic E-state index is 12.9. The smallest absolute Gasteiger partial charge is 0.408 e. The number of alkyl carbamates (subject to hydrolysis) is 1. The SMILES string of the molecule is Cc1ccc([C@@H](NC(=O)OCc2ccccc2)[C@H](O)CO[Si](c2ccccc2)(c2ccccc2)C(C)(C)C)cc1. The molecule has 0 aliphatic rings. The molecule has 0 aliphatic carbocycles. The Kier molecular flexibility index (Phi) is 9.58. The van der Waals surface area contributed by atoms with E-state index in [4.69, 9.17) is 9.16 Å². The fourth-order valence-electron chi connectivity index (χ4n) is 5.14. The largest absolute Gasteiger partial charge is 0.445 e. The highest BCUT2D eigenvalue weighted by molar-refractivity contribution is 6.99. The zero-order valence-electron chi connectivity index (χ0n) is 23.7. The number of aliphatic hydroxyl groups excluding tert-OH is 1. The van der Waals surface area contributed by atoms with Crippen LogP contribution in [0, 0.1) is 6.92 Å². The lowest BCUT2D eigenvalue weighted by atomic mass is 10.0. The Morgan fingerprint density at radius 1 is 0.800 bits per heavy atom. The van der Waals surface area contributed by atoms with Crippen LogP contribution in [0.5, 0.6) is 0 Å². The number of rotatable bonds is 10. The van der Waals surface area contributed by atoms with Gasteiger partial charge in [0, 0.05) is 0 Å². The third kappa shape index (κ3) is 6.88. The molecule has 4 rings (SSSR count). The van der Waals surface area contributed by atoms with Gasteiger partial charge in [-0.15, -0.1) is 0 Å². The van der Waals surface area contributed by atoms with Crippen molar-refractivity contribution in [1.82, 2.24) is 5.32 Å². The second kappa shape index (κ2) is 13.1. The van der Waals surface area contributed by atoms with Crippen molar-refractivity contribution in [2.24, 2.45) is 0 Å². The van der Waals surface area contributed by atoms with Gasteiger partial charge < -0.3 is 19.6 Å². The Bertz CT molecular complexity index is 1300. The Balaban J connectivity index is 1.61. The van der Waals surface area contributed by atoms with E-state index in [1.54, 1.807) is 0 Å². The molecule has 40 heavy (non-hydrogen) atoms. The predicted molar refractivity (Wildman–Crippen MR) is 163 cm³/mol. The average Bonchev–Trinajstić information content (AvgIpc) is 2.96. The first-order chi connectivity index (χ1) is 19.2. The third-order valence-electron chi connectivity index (χ3n) is 7.19. The van der Waals surface area contributed by atoms with Gasteiger partial charge in [0.05, 0.1) is 12.6 Å². The van der Waals surface area contributed by atoms with E-state index < -0.39 is 26.6 Å². The summed E-state index contributed by atoms with van der Waals surface area (Å²) >= 11 is 0. The van der Waals surface area contributed by atoms with Gasteiger partial charge in [-0.3, -0.25) is 0 Å². The molecule has 0 aliphatic heterocycles. The van der Waals surface area contributed by atoms with Crippen LogP contribution in [-0.4, -0.2) is 32.2 Å². The van der Waals surface area contributed by atoms with Crippen LogP contribution < -0.4 is 15.7 Å². The Morgan fingerprint density at radius 2 is 1.30 bits per heavy atom. The lowest BCUT2D eigenvalue weighted by molar-refractivity contribution is 0.0623. The van der Waals surface area contributed by atoms with Gasteiger partial charge in [0.15, 0.2) is 0 Å². The normalized spacial score (nSPS) is 13.3. The van der Waals surface area contributed by atoms with E-state index in [0.29, 0.717) is 0 Å². The molecule has 4 aromatic rings. The molecule has 0 unspecified atom stereocenters. The number of aliphatic hydroxyl groups is 1. The van der Waals surface area contributed by atoms with E-state index in [-0.39, 0.29) is 18.3 Å². The molecule has 5 nitrogen and oxygen atoms in total. The van der Waals surface area contributed by atoms with Crippen molar-refractivity contribution in [3.05, 3.63) is 132 Å². The van der Waals surface area contributed by atoms with Crippen LogP contribution in [-0.2, 0) is 15.8 Å². The summed E-state index contributed by atoms with van der Waals surface area (Å²) < 4.78 is 12.5. The molecule has 2 atom stereocenters. The van der Waals surface area contributed by atoms with Gasteiger partial charge >= 0.3 is 6.09 Å². The minimum atomic E-state index is -2.87. The van der Waals surface area contributed by atoms with Gasteiger partial charge in [-0.25, -0.2) is 4.79 Å². The van der Waals surface area contributed by atoms with Gasteiger partial charge in [0.25, 0.3) is 8.32 Å². The van der Waals surface area contributed by atoms with Crippen LogP contribution >= 0.6 is 0 Å². The van der Waals surface area contributed by atoms with Crippen LogP contribution in [0.2, 0.25) is 5.04 Å². The number of aryl methyl sites for hydroxylation is 1. The molecule has 0 saturated heterocycles. The number of hydrogen-bond donors (Lipinski definition) is 2. The summed E-state index contributed by atoms with van der Waals surface area (Å²) in [5, 5.41) is 16.5. The summed E-state index contributed by atoms with van der Waals surface area (Å²) in [7, 11) is -2.87. The average molecular weight is 554 g/mol. The highest BCUT2D eigenvalue weighted by Gasteiger charge is 2.50. The van der Waals surface area contributed by atoms with Crippen LogP contribution in [0.15, 0.2) is 115 Å². The van der Waals surface area contributed by atoms with Gasteiger partial charge in [0.2, 0.25) is 0 Å². The molecule has 2 N–H and O–H groups in total. The summed E-state index contributed by atoms with van der Waals surface area (Å²) in [5.41, 5.74) is 2.76. The highest BCUT2D eigenvalue weighted by Crippen LogP contribution is 2.37. The molecule has 0 fully saturated rings. The predicted octanol–water partition coefficient (Wildman–Crippen LogP) is 5.90. The number of nitrogens with one attached hydrogen (secondary N) is 1. The van der Waals surface area contributed by atoms with Crippen LogP contribution in [0.1, 0.15) is 43.5 Å². The summed E-state index contributed by atoms with van der Waals surface area (Å²) in [6, 6.07) is 37.2. The van der Waals surface area contributed by atoms with Crippen LogP contribution in [0.25, 0.3) is 0 Å². The van der Waals surface area contributed by atoms with E-state index in [2.05, 4.69) is 50.4 Å². The Morgan fingerprint density at radius 3 is 1.80 bits per heavy atom. The monoisotopic (exact) mass is 553 g/mol. The van der Waals surface area contributed by atoms with E-state index >= 15 is 0 Å². The molecule has 0 heterocycles. The maximum Gasteiger partial charge on any atom is 0.408 e. The Labute approximate surface area is 238 Å². The lowest BCUT2D eigenvalue weighted by Gasteiger charge is -2.43. The maximum absolute atomic E-state index is 12.9. The molecule has 0 bridgehead atoms. The molecule has 0 spiro atoms. The van der Waals surface area contributed by atoms with Crippen molar-refractivity contribution in [3.8, 4) is 0 Å². The zero-order chi connectivity index (χ0) is 28.6. The van der Waals surface area contributed by atoms with E-state index in [1.807, 2.05) is 97.9 Å². The highest BCUT2D eigenvalue weighted by atomic mass is 28.4. The number of hydrogen-bond acceptors (Lipinski definition) is 4. The fraction of sp³-hybridized carbons (Fsp3) is 0.265. The van der Waals surface area contributed by atoms with E-state index in [0.717, 1.165) is 27.1 Å². The second-order valence-corrected chi connectivity index (χ2v) is 15.4. The minimum absolute atomic E-state index is 0.0325. The molecule has 1 amide bonds. The topological polar surface area (TPSA) is 67.8 Å². The first-order valence-electron chi connectivity index (χ1n) is 13.7. The fourth-order valence-corrected chi connectivity index (χ4v) is 9.71. The summed E-state index contributed by atoms with van der Waals surface area (Å²) in [6.07, 6.45) is -1.62. The van der Waals surface area contributed by atoms with Crippen molar-refractivity contribution < 1.29 is 19.1 Å². The third-order valence-corrected chi connectivity index (χ3v) is 12.2. The van der Waals surface area contributed by atoms with Crippen molar-refractivity contribution in [2.75, 3.05) is 6.61 Å². The van der Waals surface area contributed by atoms with Gasteiger partial charge in [-0.2, -0.15) is 0 Å². The number of carbonyl (C=O) groups is 1. The summed E-state index contributed by atoms with van der Waals surface area (Å²) in [6.45, 7) is 8.77. The first-order valence-corrected chi connectivity index (χ1v) is 15.6. The van der Waals surface area contributed by atoms with Crippen molar-refractivity contribution in [1.29, 1.82) is 0 Å². The minimum Gasteiger partial charge on any atom is -0.445 e. The number of amides is 1. The molecule has 0 saturated carbocycles. The van der Waals surface area contributed by atoms with Gasteiger partial charge in [-0.1, -0.05) is 142 Å². The van der Waals surface area contributed by atoms with Crippen molar-refractivity contribution >= 4 is 24.8 Å². The van der Waals surface area contributed by atoms with Crippen LogP contribution in [0.3, 0.4) is 0 Å². The molecular formula is C34H39NO4Si. The standard InChI is InChI=1S/C34H39NO4Si/c1-26-20-22-28(23-21-26)32(35-33(37)38-24-27-14-8-5-9-15-27)31(36)25-39-40(34(2,3)4,29-16-10-6-11-17-29)30-18-12-7-13-19-30/h5-23,31-32,36H,24-25H2,1-4H3,(H,35,37)/t31-,32-/m1/s1. The van der Waals surface area contributed by atoms with Crippen molar-refractivity contribution in [3.63, 3.8) is 0 Å². The number of benzene rings is 4. The van der Waals surface area contributed by atoms with Crippen LogP contribution in [0.4, 0.5) is 4.79 Å². The molecule has 208 valence electrons. The number of carbonyl (C=O) groups excluding carboxylic acids is 1. The molecule has 0 radical (unpaired) electrons. The molecule has 6 heteroatoms. The van der Waals surface area contributed by atoms with Gasteiger partial charge in [0.1, 0.15) is 12.7 Å². The lowest BCUT2D eigenvalue weighted by Crippen LogP contribution is -2.67. The molecule has 4 aromatic carbocycles. The summed E-state index contributed by atoms with van der Waals surface area (Å²) in [4.78, 5) is 12.9. The molecular weight excluding hydrogens is 514 g/mol. The first kappa shape index (κ1) is 29.3. The van der Waals surface area contributed by atoms with E-state index in [1.165, 1.54) is 0 Å². The zero-order valence-corrected chi connectivity index (χ0v) is 24.7. The van der Waals surface area contributed by atoms with Gasteiger partial charge in [-0.05, 0) is 33.5 Å². The van der Waals surface area contributed by atoms with E-state index in [9.17, 15) is 9.90 Å². The quantitative estimate of drug-likeness (QED) is 0.240. The number of ether oxygens (including phenoxy) is 1. The second-order valence-electron chi connectivity index (χ2n) is 11.1. The Hall–Kier alpha value is -3.71. The summed E-state index contributed by atoms with van der Waals surface area (Å²) in [5.74, 6) is 0.